The quantitative estimate of drug-likeness (QED) is 0.326. The standard InChI is InChI=1S/C30H34BrN3O4S/c1-4-13-32(3)27(36)23-24-28(37)34(15-8-16-35)26(30(24)18-22(31)25(23)39-30)29(38)33(14-5-2)21-12-11-19-9-6-7-10-20(19)17-21/h4-7,9-12,17,22-26,35H,1-2,8,13-16,18H2,3H3/t22?,23-,24+,25-,26?,30?/m1/s1. The molecule has 0 aliphatic carbocycles. The van der Waals surface area contributed by atoms with Crippen LogP contribution in [0.4, 0.5) is 5.69 Å². The van der Waals surface area contributed by atoms with Crippen LogP contribution in [0.2, 0.25) is 0 Å². The lowest BCUT2D eigenvalue weighted by Gasteiger charge is -2.38. The van der Waals surface area contributed by atoms with Crippen LogP contribution in [-0.2, 0) is 14.4 Å². The summed E-state index contributed by atoms with van der Waals surface area (Å²) < 4.78 is -0.742. The number of amides is 3. The first-order valence-electron chi connectivity index (χ1n) is 13.3. The van der Waals surface area contributed by atoms with Gasteiger partial charge in [-0.25, -0.2) is 0 Å². The second-order valence-corrected chi connectivity index (χ2v) is 13.3. The molecule has 2 bridgehead atoms. The molecule has 0 aromatic heterocycles. The van der Waals surface area contributed by atoms with E-state index in [-0.39, 0.29) is 47.5 Å². The summed E-state index contributed by atoms with van der Waals surface area (Å²) in [6.45, 7) is 8.49. The van der Waals surface area contributed by atoms with E-state index in [1.165, 1.54) is 0 Å². The summed E-state index contributed by atoms with van der Waals surface area (Å²) in [5, 5.41) is 11.6. The Morgan fingerprint density at radius 3 is 2.56 bits per heavy atom. The van der Waals surface area contributed by atoms with Crippen LogP contribution in [0.3, 0.4) is 0 Å². The Kier molecular flexibility index (Phi) is 7.95. The minimum atomic E-state index is -0.759. The monoisotopic (exact) mass is 611 g/mol. The van der Waals surface area contributed by atoms with E-state index in [1.807, 2.05) is 42.5 Å². The molecule has 2 aromatic carbocycles. The predicted octanol–water partition coefficient (Wildman–Crippen LogP) is 3.85. The molecule has 9 heteroatoms. The number of benzene rings is 2. The zero-order chi connectivity index (χ0) is 27.9. The van der Waals surface area contributed by atoms with Crippen molar-refractivity contribution in [1.29, 1.82) is 0 Å². The molecule has 2 aromatic rings. The third-order valence-corrected chi connectivity index (χ3v) is 11.5. The van der Waals surface area contributed by atoms with Gasteiger partial charge in [-0.15, -0.1) is 24.9 Å². The highest BCUT2D eigenvalue weighted by Gasteiger charge is 2.75. The number of carbonyl (C=O) groups is 3. The fourth-order valence-corrected chi connectivity index (χ4v) is 10.3. The van der Waals surface area contributed by atoms with E-state index in [1.54, 1.807) is 45.7 Å². The lowest BCUT2D eigenvalue weighted by atomic mass is 9.70. The average Bonchev–Trinajstić information content (AvgIpc) is 3.52. The van der Waals surface area contributed by atoms with Crippen LogP contribution >= 0.6 is 27.7 Å². The number of halogens is 1. The van der Waals surface area contributed by atoms with Gasteiger partial charge in [-0.05, 0) is 35.7 Å². The van der Waals surface area contributed by atoms with Gasteiger partial charge in [0.05, 0.1) is 16.6 Å². The van der Waals surface area contributed by atoms with Crippen molar-refractivity contribution < 1.29 is 19.5 Å². The van der Waals surface area contributed by atoms with Crippen LogP contribution in [0.5, 0.6) is 0 Å². The second kappa shape index (κ2) is 11.1. The molecule has 3 saturated heterocycles. The zero-order valence-electron chi connectivity index (χ0n) is 22.0. The van der Waals surface area contributed by atoms with E-state index in [9.17, 15) is 19.5 Å². The summed E-state index contributed by atoms with van der Waals surface area (Å²) in [6.07, 6.45) is 4.34. The molecule has 39 heavy (non-hydrogen) atoms. The number of rotatable bonds is 10. The van der Waals surface area contributed by atoms with Crippen LogP contribution in [0.1, 0.15) is 12.8 Å². The topological polar surface area (TPSA) is 81.2 Å². The van der Waals surface area contributed by atoms with Crippen molar-refractivity contribution >= 4 is 61.9 Å². The zero-order valence-corrected chi connectivity index (χ0v) is 24.4. The van der Waals surface area contributed by atoms with Crippen molar-refractivity contribution in [3.05, 3.63) is 67.8 Å². The SMILES string of the molecule is C=CCN(C)C(=O)[C@H]1[C@@H]2SC3(CC2Br)C(C(=O)N(CC=C)c2ccc4ccccc4c2)N(CCCO)C(=O)[C@H]13. The van der Waals surface area contributed by atoms with Crippen LogP contribution in [0.15, 0.2) is 67.8 Å². The Morgan fingerprint density at radius 2 is 1.87 bits per heavy atom. The van der Waals surface area contributed by atoms with Gasteiger partial charge >= 0.3 is 0 Å². The van der Waals surface area contributed by atoms with Crippen LogP contribution in [-0.4, -0.2) is 86.8 Å². The maximum absolute atomic E-state index is 14.6. The Balaban J connectivity index is 1.58. The molecule has 3 aliphatic heterocycles. The Morgan fingerprint density at radius 1 is 1.15 bits per heavy atom. The van der Waals surface area contributed by atoms with E-state index < -0.39 is 22.6 Å². The predicted molar refractivity (Wildman–Crippen MR) is 160 cm³/mol. The summed E-state index contributed by atoms with van der Waals surface area (Å²) in [4.78, 5) is 47.4. The van der Waals surface area contributed by atoms with Crippen molar-refractivity contribution in [3.63, 3.8) is 0 Å². The van der Waals surface area contributed by atoms with Crippen molar-refractivity contribution in [1.82, 2.24) is 9.80 Å². The van der Waals surface area contributed by atoms with Crippen LogP contribution in [0, 0.1) is 11.8 Å². The van der Waals surface area contributed by atoms with Gasteiger partial charge in [-0.2, -0.15) is 0 Å². The van der Waals surface area contributed by atoms with Crippen molar-refractivity contribution in [2.75, 3.05) is 38.2 Å². The molecule has 0 saturated carbocycles. The van der Waals surface area contributed by atoms with Crippen molar-refractivity contribution in [3.8, 4) is 0 Å². The number of aliphatic hydroxyl groups excluding tert-OH is 1. The minimum Gasteiger partial charge on any atom is -0.396 e. The van der Waals surface area contributed by atoms with E-state index in [0.29, 0.717) is 19.4 Å². The number of alkyl halides is 1. The van der Waals surface area contributed by atoms with Gasteiger partial charge in [0, 0.05) is 49.1 Å². The van der Waals surface area contributed by atoms with Crippen LogP contribution in [0.25, 0.3) is 10.8 Å². The fourth-order valence-electron chi connectivity index (χ4n) is 6.65. The number of nitrogens with zero attached hydrogens (tertiary/aromatic N) is 3. The fraction of sp³-hybridized carbons (Fsp3) is 0.433. The van der Waals surface area contributed by atoms with Gasteiger partial charge < -0.3 is 19.8 Å². The third kappa shape index (κ3) is 4.52. The molecule has 1 N–H and O–H groups in total. The molecule has 3 fully saturated rings. The number of thioether (sulfide) groups is 1. The smallest absolute Gasteiger partial charge is 0.251 e. The highest BCUT2D eigenvalue weighted by molar-refractivity contribution is 9.09. The summed E-state index contributed by atoms with van der Waals surface area (Å²) in [6, 6.07) is 13.1. The first kappa shape index (κ1) is 27.9. The first-order chi connectivity index (χ1) is 18.8. The normalized spacial score (nSPS) is 28.9. The molecule has 3 aliphatic rings. The Bertz CT molecular complexity index is 1320. The largest absolute Gasteiger partial charge is 0.396 e. The highest BCUT2D eigenvalue weighted by Crippen LogP contribution is 2.68. The van der Waals surface area contributed by atoms with E-state index in [0.717, 1.165) is 16.5 Å². The molecular weight excluding hydrogens is 578 g/mol. The number of aliphatic hydroxyl groups is 1. The summed E-state index contributed by atoms with van der Waals surface area (Å²) in [5.74, 6) is -1.58. The van der Waals surface area contributed by atoms with Crippen molar-refractivity contribution in [2.45, 2.75) is 33.7 Å². The average molecular weight is 613 g/mol. The van der Waals surface area contributed by atoms with Crippen molar-refractivity contribution in [2.24, 2.45) is 11.8 Å². The molecule has 5 rings (SSSR count). The minimum absolute atomic E-state index is 0.000698. The van der Waals surface area contributed by atoms with E-state index >= 15 is 0 Å². The number of hydrogen-bond acceptors (Lipinski definition) is 5. The molecule has 3 unspecified atom stereocenters. The molecule has 7 nitrogen and oxygen atoms in total. The number of carbonyl (C=O) groups excluding carboxylic acids is 3. The van der Waals surface area contributed by atoms with Gasteiger partial charge in [0.1, 0.15) is 6.04 Å². The lowest BCUT2D eigenvalue weighted by molar-refractivity contribution is -0.143. The van der Waals surface area contributed by atoms with Gasteiger partial charge in [-0.1, -0.05) is 58.4 Å². The number of likely N-dealkylation sites (tertiary alicyclic amines) is 1. The maximum Gasteiger partial charge on any atom is 0.251 e. The number of likely N-dealkylation sites (N-methyl/N-ethyl adjacent to an activating group) is 1. The van der Waals surface area contributed by atoms with Gasteiger partial charge in [0.2, 0.25) is 11.8 Å². The molecule has 6 atom stereocenters. The second-order valence-electron chi connectivity index (χ2n) is 10.5. The summed E-state index contributed by atoms with van der Waals surface area (Å²) in [7, 11) is 1.73. The molecular formula is C30H34BrN3O4S. The summed E-state index contributed by atoms with van der Waals surface area (Å²) in [5.41, 5.74) is 0.735. The summed E-state index contributed by atoms with van der Waals surface area (Å²) >= 11 is 5.43. The van der Waals surface area contributed by atoms with E-state index in [4.69, 9.17) is 0 Å². The van der Waals surface area contributed by atoms with Gasteiger partial charge in [-0.3, -0.25) is 14.4 Å². The molecule has 1 spiro atoms. The number of fused-ring (bicyclic) bond motifs is 2. The highest BCUT2D eigenvalue weighted by atomic mass is 79.9. The maximum atomic E-state index is 14.6. The number of anilines is 1. The molecule has 3 heterocycles. The van der Waals surface area contributed by atoms with E-state index in [2.05, 4.69) is 29.1 Å². The molecule has 0 radical (unpaired) electrons. The molecule has 3 amide bonds. The Labute approximate surface area is 242 Å². The Hall–Kier alpha value is -2.62. The van der Waals surface area contributed by atoms with Crippen LogP contribution < -0.4 is 4.90 Å². The number of hydrogen-bond donors (Lipinski definition) is 1. The van der Waals surface area contributed by atoms with Gasteiger partial charge in [0.15, 0.2) is 0 Å². The van der Waals surface area contributed by atoms with Gasteiger partial charge in [0.25, 0.3) is 5.91 Å². The third-order valence-electron chi connectivity index (χ3n) is 8.27. The first-order valence-corrected chi connectivity index (χ1v) is 15.1. The lowest BCUT2D eigenvalue weighted by Crippen LogP contribution is -2.56. The molecule has 206 valence electrons.